The van der Waals surface area contributed by atoms with Gasteiger partial charge in [0.2, 0.25) is 0 Å². The van der Waals surface area contributed by atoms with Gasteiger partial charge < -0.3 is 10.1 Å². The van der Waals surface area contributed by atoms with Gasteiger partial charge in [0.15, 0.2) is 0 Å². The molecule has 0 spiro atoms. The summed E-state index contributed by atoms with van der Waals surface area (Å²) in [4.78, 5) is 0. The van der Waals surface area contributed by atoms with Gasteiger partial charge in [0.1, 0.15) is 0 Å². The quantitative estimate of drug-likeness (QED) is 0.685. The summed E-state index contributed by atoms with van der Waals surface area (Å²) < 4.78 is 6.14. The Morgan fingerprint density at radius 3 is 2.53 bits per heavy atom. The number of unbranched alkanes of at least 4 members (excludes halogenated alkanes) is 1. The Balaban J connectivity index is 2.39. The predicted octanol–water partition coefficient (Wildman–Crippen LogP) is 2.97. The second-order valence-electron chi connectivity index (χ2n) is 5.10. The summed E-state index contributed by atoms with van der Waals surface area (Å²) in [6.45, 7) is 6.53. The first kappa shape index (κ1) is 13.0. The van der Waals surface area contributed by atoms with Gasteiger partial charge in [-0.3, -0.25) is 0 Å². The highest BCUT2D eigenvalue weighted by molar-refractivity contribution is 4.88. The molecule has 2 nitrogen and oxygen atoms in total. The minimum Gasteiger partial charge on any atom is -0.374 e. The SMILES string of the molecule is CCCCOC1(CNC)CCC(C)CC1. The number of ether oxygens (including phenoxy) is 1. The summed E-state index contributed by atoms with van der Waals surface area (Å²) in [7, 11) is 2.03. The van der Waals surface area contributed by atoms with Crippen LogP contribution < -0.4 is 5.32 Å². The van der Waals surface area contributed by atoms with Crippen molar-refractivity contribution in [1.82, 2.24) is 5.32 Å². The van der Waals surface area contributed by atoms with Crippen LogP contribution in [0.5, 0.6) is 0 Å². The normalized spacial score (nSPS) is 31.8. The first-order chi connectivity index (χ1) is 7.22. The van der Waals surface area contributed by atoms with E-state index in [2.05, 4.69) is 19.2 Å². The highest BCUT2D eigenvalue weighted by Crippen LogP contribution is 2.34. The van der Waals surface area contributed by atoms with E-state index in [0.29, 0.717) is 0 Å². The van der Waals surface area contributed by atoms with Gasteiger partial charge in [0.05, 0.1) is 5.60 Å². The van der Waals surface area contributed by atoms with Gasteiger partial charge in [0.25, 0.3) is 0 Å². The molecule has 0 radical (unpaired) electrons. The molecule has 15 heavy (non-hydrogen) atoms. The van der Waals surface area contributed by atoms with Crippen LogP contribution in [0.1, 0.15) is 52.4 Å². The highest BCUT2D eigenvalue weighted by atomic mass is 16.5. The maximum Gasteiger partial charge on any atom is 0.0806 e. The van der Waals surface area contributed by atoms with Gasteiger partial charge >= 0.3 is 0 Å². The third-order valence-corrected chi connectivity index (χ3v) is 3.59. The van der Waals surface area contributed by atoms with Gasteiger partial charge in [-0.05, 0) is 45.1 Å². The monoisotopic (exact) mass is 213 g/mol. The molecule has 1 aliphatic carbocycles. The number of likely N-dealkylation sites (N-methyl/N-ethyl adjacent to an activating group) is 1. The Morgan fingerprint density at radius 1 is 1.33 bits per heavy atom. The molecular formula is C13H27NO. The molecule has 1 rings (SSSR count). The lowest BCUT2D eigenvalue weighted by Crippen LogP contribution is -2.45. The first-order valence-electron chi connectivity index (χ1n) is 6.51. The average molecular weight is 213 g/mol. The van der Waals surface area contributed by atoms with Gasteiger partial charge in [-0.25, -0.2) is 0 Å². The van der Waals surface area contributed by atoms with E-state index in [1.807, 2.05) is 7.05 Å². The van der Waals surface area contributed by atoms with E-state index in [4.69, 9.17) is 4.74 Å². The van der Waals surface area contributed by atoms with Crippen molar-refractivity contribution in [3.63, 3.8) is 0 Å². The van der Waals surface area contributed by atoms with Crippen molar-refractivity contribution in [2.45, 2.75) is 58.0 Å². The summed E-state index contributed by atoms with van der Waals surface area (Å²) in [5.41, 5.74) is 0.149. The molecule has 2 heteroatoms. The minimum absolute atomic E-state index is 0.149. The lowest BCUT2D eigenvalue weighted by molar-refractivity contribution is -0.0750. The molecule has 1 aliphatic rings. The van der Waals surface area contributed by atoms with Gasteiger partial charge in [0, 0.05) is 13.2 Å². The summed E-state index contributed by atoms with van der Waals surface area (Å²) in [6, 6.07) is 0. The Labute approximate surface area is 94.8 Å². The Morgan fingerprint density at radius 2 is 2.00 bits per heavy atom. The molecule has 0 heterocycles. The molecule has 0 unspecified atom stereocenters. The fourth-order valence-electron chi connectivity index (χ4n) is 2.42. The third kappa shape index (κ3) is 4.12. The fraction of sp³-hybridized carbons (Fsp3) is 1.00. The van der Waals surface area contributed by atoms with Crippen LogP contribution in [-0.4, -0.2) is 25.8 Å². The average Bonchev–Trinajstić information content (AvgIpc) is 2.23. The Kier molecular flexibility index (Phi) is 5.62. The topological polar surface area (TPSA) is 21.3 Å². The second-order valence-corrected chi connectivity index (χ2v) is 5.10. The van der Waals surface area contributed by atoms with Gasteiger partial charge in [-0.2, -0.15) is 0 Å². The molecule has 1 N–H and O–H groups in total. The van der Waals surface area contributed by atoms with E-state index in [1.54, 1.807) is 0 Å². The molecule has 1 fully saturated rings. The standard InChI is InChI=1S/C13H27NO/c1-4-5-10-15-13(11-14-3)8-6-12(2)7-9-13/h12,14H,4-11H2,1-3H3. The molecule has 0 atom stereocenters. The van der Waals surface area contributed by atoms with Gasteiger partial charge in [-0.1, -0.05) is 20.3 Å². The maximum atomic E-state index is 6.14. The van der Waals surface area contributed by atoms with Crippen molar-refractivity contribution >= 4 is 0 Å². The summed E-state index contributed by atoms with van der Waals surface area (Å²) >= 11 is 0. The third-order valence-electron chi connectivity index (χ3n) is 3.59. The fourth-order valence-corrected chi connectivity index (χ4v) is 2.42. The first-order valence-corrected chi connectivity index (χ1v) is 6.51. The van der Waals surface area contributed by atoms with Gasteiger partial charge in [-0.15, -0.1) is 0 Å². The van der Waals surface area contributed by atoms with Crippen LogP contribution in [0.15, 0.2) is 0 Å². The van der Waals surface area contributed by atoms with Crippen LogP contribution in [0.25, 0.3) is 0 Å². The number of hydrogen-bond acceptors (Lipinski definition) is 2. The van der Waals surface area contributed by atoms with E-state index in [0.717, 1.165) is 19.1 Å². The molecule has 0 aromatic heterocycles. The van der Waals surface area contributed by atoms with E-state index in [1.165, 1.54) is 38.5 Å². The lowest BCUT2D eigenvalue weighted by atomic mass is 9.79. The van der Waals surface area contributed by atoms with E-state index in [-0.39, 0.29) is 5.60 Å². The molecule has 1 saturated carbocycles. The number of hydrogen-bond donors (Lipinski definition) is 1. The molecule has 0 aromatic rings. The van der Waals surface area contributed by atoms with Crippen molar-refractivity contribution in [1.29, 1.82) is 0 Å². The summed E-state index contributed by atoms with van der Waals surface area (Å²) in [6.07, 6.45) is 7.55. The zero-order valence-corrected chi connectivity index (χ0v) is 10.6. The largest absolute Gasteiger partial charge is 0.374 e. The van der Waals surface area contributed by atoms with E-state index >= 15 is 0 Å². The Hall–Kier alpha value is -0.0800. The molecule has 0 amide bonds. The van der Waals surface area contributed by atoms with Crippen molar-refractivity contribution in [2.75, 3.05) is 20.2 Å². The predicted molar refractivity (Wildman–Crippen MR) is 65.1 cm³/mol. The Bertz CT molecular complexity index is 162. The van der Waals surface area contributed by atoms with Crippen molar-refractivity contribution in [3.05, 3.63) is 0 Å². The molecule has 0 aromatic carbocycles. The van der Waals surface area contributed by atoms with Crippen molar-refractivity contribution in [3.8, 4) is 0 Å². The zero-order valence-electron chi connectivity index (χ0n) is 10.6. The van der Waals surface area contributed by atoms with E-state index in [9.17, 15) is 0 Å². The molecular weight excluding hydrogens is 186 g/mol. The number of nitrogens with one attached hydrogen (secondary N) is 1. The maximum absolute atomic E-state index is 6.14. The minimum atomic E-state index is 0.149. The van der Waals surface area contributed by atoms with Crippen LogP contribution in [0.4, 0.5) is 0 Å². The molecule has 0 bridgehead atoms. The van der Waals surface area contributed by atoms with Crippen LogP contribution in [0, 0.1) is 5.92 Å². The molecule has 0 saturated heterocycles. The second kappa shape index (κ2) is 6.49. The van der Waals surface area contributed by atoms with Crippen LogP contribution >= 0.6 is 0 Å². The molecule has 90 valence electrons. The highest BCUT2D eigenvalue weighted by Gasteiger charge is 2.34. The zero-order chi connectivity index (χ0) is 11.1. The lowest BCUT2D eigenvalue weighted by Gasteiger charge is -2.39. The van der Waals surface area contributed by atoms with Crippen molar-refractivity contribution < 1.29 is 4.74 Å². The number of rotatable bonds is 6. The van der Waals surface area contributed by atoms with Crippen LogP contribution in [0.3, 0.4) is 0 Å². The smallest absolute Gasteiger partial charge is 0.0806 e. The summed E-state index contributed by atoms with van der Waals surface area (Å²) in [5, 5.41) is 3.29. The summed E-state index contributed by atoms with van der Waals surface area (Å²) in [5.74, 6) is 0.893. The molecule has 0 aliphatic heterocycles. The van der Waals surface area contributed by atoms with Crippen LogP contribution in [-0.2, 0) is 4.74 Å². The van der Waals surface area contributed by atoms with Crippen LogP contribution in [0.2, 0.25) is 0 Å². The van der Waals surface area contributed by atoms with Crippen molar-refractivity contribution in [2.24, 2.45) is 5.92 Å². The van der Waals surface area contributed by atoms with E-state index < -0.39 is 0 Å².